The molecule has 0 saturated carbocycles. The van der Waals surface area contributed by atoms with Crippen LogP contribution >= 0.6 is 20.0 Å². The Morgan fingerprint density at radius 3 is 2.19 bits per heavy atom. The summed E-state index contributed by atoms with van der Waals surface area (Å²) in [6, 6.07) is 23.0. The summed E-state index contributed by atoms with van der Waals surface area (Å²) in [5.74, 6) is -0.201. The second-order valence-electron chi connectivity index (χ2n) is 10.5. The molecule has 47 heavy (non-hydrogen) atoms. The molecule has 4 aromatic carbocycles. The lowest BCUT2D eigenvalue weighted by Crippen LogP contribution is -2.30. The number of benzene rings is 4. The number of ether oxygens (including phenoxy) is 2. The van der Waals surface area contributed by atoms with Gasteiger partial charge in [0, 0.05) is 24.2 Å². The van der Waals surface area contributed by atoms with Gasteiger partial charge in [-0.3, -0.25) is 0 Å². The van der Waals surface area contributed by atoms with Crippen molar-refractivity contribution in [3.05, 3.63) is 118 Å². The molecule has 0 unspecified atom stereocenters. The lowest BCUT2D eigenvalue weighted by atomic mass is 9.99. The maximum atomic E-state index is 15.4. The largest absolute Gasteiger partial charge is 0.495 e. The first-order chi connectivity index (χ1) is 22.5. The van der Waals surface area contributed by atoms with Crippen molar-refractivity contribution in [3.8, 4) is 16.9 Å². The maximum absolute atomic E-state index is 15.4. The summed E-state index contributed by atoms with van der Waals surface area (Å²) < 4.78 is 81.2. The maximum Gasteiger partial charge on any atom is 0.341 e. The van der Waals surface area contributed by atoms with E-state index in [1.54, 1.807) is 50.2 Å². The number of methoxy groups -OCH3 is 1. The number of esters is 1. The highest BCUT2D eigenvalue weighted by atomic mass is 35.5. The van der Waals surface area contributed by atoms with Gasteiger partial charge in [-0.25, -0.2) is 13.2 Å². The van der Waals surface area contributed by atoms with Crippen LogP contribution in [-0.2, 0) is 49.2 Å². The normalized spacial score (nSPS) is 13.2. The fourth-order valence-electron chi connectivity index (χ4n) is 5.13. The van der Waals surface area contributed by atoms with E-state index in [1.165, 1.54) is 35.7 Å². The molecule has 0 aromatic heterocycles. The van der Waals surface area contributed by atoms with Gasteiger partial charge in [0.1, 0.15) is 17.3 Å². The molecule has 0 spiro atoms. The highest BCUT2D eigenvalue weighted by Crippen LogP contribution is 2.61. The topological polar surface area (TPSA) is 91.4 Å². The number of carbonyl (C=O) groups excluding carboxylic acids is 1. The van der Waals surface area contributed by atoms with Crippen LogP contribution in [0.5, 0.6) is 5.75 Å². The van der Waals surface area contributed by atoms with Crippen molar-refractivity contribution in [1.29, 1.82) is 0 Å². The summed E-state index contributed by atoms with van der Waals surface area (Å²) >= 11 is 6.40. The van der Waals surface area contributed by atoms with Gasteiger partial charge in [-0.05, 0) is 60.4 Å². The number of carbonyl (C=O) groups is 1. The van der Waals surface area contributed by atoms with E-state index < -0.39 is 29.6 Å². The van der Waals surface area contributed by atoms with Gasteiger partial charge in [-0.15, -0.1) is 0 Å². The summed E-state index contributed by atoms with van der Waals surface area (Å²) in [5.41, 5.74) is 0.0954. The van der Waals surface area contributed by atoms with Gasteiger partial charge in [-0.1, -0.05) is 72.3 Å². The smallest absolute Gasteiger partial charge is 0.341 e. The minimum absolute atomic E-state index is 0.0374. The van der Waals surface area contributed by atoms with Gasteiger partial charge < -0.3 is 18.5 Å². The van der Waals surface area contributed by atoms with E-state index in [4.69, 9.17) is 30.1 Å². The minimum atomic E-state index is -4.17. The van der Waals surface area contributed by atoms with Crippen LogP contribution in [0, 0.1) is 0 Å². The number of hydrogen-bond acceptors (Lipinski definition) is 7. The number of cyclic esters (lactones) is 1. The van der Waals surface area contributed by atoms with Gasteiger partial charge in [0.05, 0.1) is 30.9 Å². The zero-order valence-electron chi connectivity index (χ0n) is 25.9. The number of rotatable bonds is 14. The van der Waals surface area contributed by atoms with Crippen molar-refractivity contribution >= 4 is 36.0 Å². The third-order valence-corrected chi connectivity index (χ3v) is 11.3. The lowest BCUT2D eigenvalue weighted by Gasteiger charge is -2.27. The van der Waals surface area contributed by atoms with Crippen LogP contribution in [0.4, 0.5) is 8.78 Å². The molecule has 1 heterocycles. The molecular weight excluding hydrogens is 671 g/mol. The molecule has 0 atom stereocenters. The van der Waals surface area contributed by atoms with Crippen molar-refractivity contribution in [3.63, 3.8) is 0 Å². The summed E-state index contributed by atoms with van der Waals surface area (Å²) in [5, 5.41) is -0.239. The quantitative estimate of drug-likeness (QED) is 0.0961. The third-order valence-electron chi connectivity index (χ3n) is 7.46. The Morgan fingerprint density at radius 1 is 0.894 bits per heavy atom. The molecule has 1 aliphatic heterocycles. The predicted octanol–water partition coefficient (Wildman–Crippen LogP) is 8.51. The molecule has 0 saturated heterocycles. The molecule has 0 radical (unpaired) electrons. The van der Waals surface area contributed by atoms with Gasteiger partial charge in [0.15, 0.2) is 0 Å². The van der Waals surface area contributed by atoms with E-state index in [0.717, 1.165) is 16.7 Å². The van der Waals surface area contributed by atoms with E-state index in [9.17, 15) is 13.2 Å². The third kappa shape index (κ3) is 7.51. The van der Waals surface area contributed by atoms with E-state index >= 15 is 8.78 Å². The summed E-state index contributed by atoms with van der Waals surface area (Å²) in [7, 11) is -5.38. The highest BCUT2D eigenvalue weighted by molar-refractivity contribution is 7.89. The second-order valence-corrected chi connectivity index (χ2v) is 14.4. The second kappa shape index (κ2) is 14.8. The highest BCUT2D eigenvalue weighted by Gasteiger charge is 2.46. The Morgan fingerprint density at radius 2 is 1.53 bits per heavy atom. The molecule has 4 aromatic rings. The van der Waals surface area contributed by atoms with Gasteiger partial charge in [0.25, 0.3) is 8.38 Å². The number of halogens is 3. The summed E-state index contributed by atoms with van der Waals surface area (Å²) in [6.07, 6.45) is 0. The van der Waals surface area contributed by atoms with Gasteiger partial charge >= 0.3 is 11.6 Å². The molecule has 0 bridgehead atoms. The van der Waals surface area contributed by atoms with Crippen LogP contribution in [-0.4, -0.2) is 39.0 Å². The molecule has 248 valence electrons. The Hall–Kier alpha value is -3.44. The van der Waals surface area contributed by atoms with Crippen LogP contribution in [0.2, 0.25) is 5.02 Å². The van der Waals surface area contributed by atoms with Crippen molar-refractivity contribution in [2.45, 2.75) is 44.1 Å². The zero-order chi connectivity index (χ0) is 33.8. The number of para-hydroxylation sites is 1. The predicted molar refractivity (Wildman–Crippen MR) is 176 cm³/mol. The molecule has 1 aliphatic rings. The first kappa shape index (κ1) is 34.9. The molecule has 13 heteroatoms. The Kier molecular flexibility index (Phi) is 11.0. The van der Waals surface area contributed by atoms with Crippen molar-refractivity contribution < 1.29 is 40.5 Å². The fraction of sp³-hybridized carbons (Fsp3) is 0.265. The molecule has 8 nitrogen and oxygen atoms in total. The van der Waals surface area contributed by atoms with Crippen LogP contribution < -0.4 is 4.74 Å². The van der Waals surface area contributed by atoms with Crippen LogP contribution in [0.25, 0.3) is 11.1 Å². The number of alkyl halides is 2. The zero-order valence-corrected chi connectivity index (χ0v) is 28.4. The Labute approximate surface area is 279 Å². The summed E-state index contributed by atoms with van der Waals surface area (Å²) in [4.78, 5) is 12.0. The first-order valence-corrected chi connectivity index (χ1v) is 17.7. The van der Waals surface area contributed by atoms with Gasteiger partial charge in [-0.2, -0.15) is 13.1 Å². The fourth-order valence-corrected chi connectivity index (χ4v) is 8.35. The van der Waals surface area contributed by atoms with Crippen molar-refractivity contribution in [2.75, 3.05) is 20.3 Å². The molecule has 0 aliphatic carbocycles. The lowest BCUT2D eigenvalue weighted by molar-refractivity contribution is 0.0534. The average Bonchev–Trinajstić information content (AvgIpc) is 3.44. The monoisotopic (exact) mass is 703 g/mol. The van der Waals surface area contributed by atoms with E-state index in [-0.39, 0.29) is 54.5 Å². The van der Waals surface area contributed by atoms with Crippen molar-refractivity contribution in [1.82, 2.24) is 4.31 Å². The number of hydrogen-bond donors (Lipinski definition) is 0. The number of sulfonamides is 1. The van der Waals surface area contributed by atoms with Crippen molar-refractivity contribution in [2.24, 2.45) is 0 Å². The number of nitrogens with zero attached hydrogens (tertiary/aromatic N) is 1. The summed E-state index contributed by atoms with van der Waals surface area (Å²) in [6.45, 7) is 3.31. The average molecular weight is 704 g/mol. The Balaban J connectivity index is 1.46. The molecule has 0 N–H and O–H groups in total. The first-order valence-electron chi connectivity index (χ1n) is 14.7. The SMILES string of the molecule is CCOP(OCC)C(F)(F)c1ccc(CN(Cc2ccc(-c3ccc4c(c3)C(=O)OC4)cc2)S(=O)(=O)c2ccccc2OC)cc1Cl. The van der Waals surface area contributed by atoms with Crippen LogP contribution in [0.3, 0.4) is 0 Å². The molecule has 0 amide bonds. The molecular formula is C34H33ClF2NO7PS. The van der Waals surface area contributed by atoms with Crippen LogP contribution in [0.15, 0.2) is 89.8 Å². The molecule has 5 rings (SSSR count). The van der Waals surface area contributed by atoms with E-state index in [1.807, 2.05) is 24.3 Å². The Bertz CT molecular complexity index is 1850. The van der Waals surface area contributed by atoms with E-state index in [0.29, 0.717) is 16.7 Å². The molecule has 0 fully saturated rings. The standard InChI is InChI=1S/C34H33ClF2NO7PS/c1-4-44-46(45-5-2)34(36,37)29-17-12-24(18-30(29)35)21-38(47(40,41)32-9-7-6-8-31(32)42-3)20-23-10-13-25(14-11-23)26-15-16-27-22-43-33(39)28(27)19-26/h6-19H,4-5,20-22H2,1-3H3. The minimum Gasteiger partial charge on any atom is -0.495 e. The van der Waals surface area contributed by atoms with Crippen LogP contribution in [0.1, 0.15) is 46.5 Å². The van der Waals surface area contributed by atoms with E-state index in [2.05, 4.69) is 0 Å². The number of fused-ring (bicyclic) bond motifs is 1. The van der Waals surface area contributed by atoms with Gasteiger partial charge in [0.2, 0.25) is 10.0 Å².